The van der Waals surface area contributed by atoms with Crippen LogP contribution < -0.4 is 19.9 Å². The van der Waals surface area contributed by atoms with Gasteiger partial charge in [-0.3, -0.25) is 4.79 Å². The summed E-state index contributed by atoms with van der Waals surface area (Å²) in [5.41, 5.74) is 8.51. The van der Waals surface area contributed by atoms with E-state index >= 15 is 0 Å². The number of carboxylic acid groups (broad SMARTS) is 1. The summed E-state index contributed by atoms with van der Waals surface area (Å²) in [6.07, 6.45) is 1.70. The van der Waals surface area contributed by atoms with E-state index in [1.165, 1.54) is 25.6 Å². The van der Waals surface area contributed by atoms with Gasteiger partial charge in [0.05, 0.1) is 40.0 Å². The molecule has 0 aliphatic heterocycles. The molecule has 0 saturated heterocycles. The number of nitrogens with zero attached hydrogens (tertiary/aromatic N) is 3. The molecule has 1 unspecified atom stereocenters. The van der Waals surface area contributed by atoms with Gasteiger partial charge in [-0.05, 0) is 30.2 Å². The zero-order valence-electron chi connectivity index (χ0n) is 18.6. The van der Waals surface area contributed by atoms with Crippen molar-refractivity contribution in [2.45, 2.75) is 19.1 Å². The molecule has 0 fully saturated rings. The van der Waals surface area contributed by atoms with Crippen LogP contribution in [0.4, 0.5) is 0 Å². The van der Waals surface area contributed by atoms with E-state index in [0.717, 1.165) is 15.8 Å². The predicted molar refractivity (Wildman–Crippen MR) is 134 cm³/mol. The van der Waals surface area contributed by atoms with Gasteiger partial charge in [0, 0.05) is 11.8 Å². The van der Waals surface area contributed by atoms with Crippen molar-refractivity contribution in [3.8, 4) is 28.2 Å². The summed E-state index contributed by atoms with van der Waals surface area (Å²) >= 11 is 14.2. The van der Waals surface area contributed by atoms with Gasteiger partial charge < -0.3 is 25.1 Å². The van der Waals surface area contributed by atoms with Crippen LogP contribution in [0.2, 0.25) is 10.0 Å². The summed E-state index contributed by atoms with van der Waals surface area (Å²) in [4.78, 5) is 24.1. The molecule has 3 N–H and O–H groups in total. The van der Waals surface area contributed by atoms with E-state index in [1.807, 2.05) is 18.2 Å². The van der Waals surface area contributed by atoms with Gasteiger partial charge in [0.1, 0.15) is 17.7 Å². The Kier molecular flexibility index (Phi) is 7.56. The zero-order valence-corrected chi connectivity index (χ0v) is 20.9. The molecule has 1 atom stereocenters. The molecule has 4 aromatic rings. The van der Waals surface area contributed by atoms with Crippen molar-refractivity contribution in [1.82, 2.24) is 15.0 Å². The average Bonchev–Trinajstić information content (AvgIpc) is 3.27. The van der Waals surface area contributed by atoms with Gasteiger partial charge in [-0.15, -0.1) is 11.3 Å². The van der Waals surface area contributed by atoms with Gasteiger partial charge >= 0.3 is 12.0 Å². The average molecular weight is 535 g/mol. The minimum absolute atomic E-state index is 0.0938. The third-order valence-corrected chi connectivity index (χ3v) is 6.78. The number of benzene rings is 2. The molecule has 2 aromatic heterocycles. The molecule has 0 saturated carbocycles. The number of hydrogen-bond acceptors (Lipinski definition) is 9. The number of nitrogens with two attached hydrogens (primary N) is 1. The van der Waals surface area contributed by atoms with Gasteiger partial charge in [-0.1, -0.05) is 35.3 Å². The molecule has 35 heavy (non-hydrogen) atoms. The molecule has 0 aliphatic rings. The summed E-state index contributed by atoms with van der Waals surface area (Å²) in [5.74, 6) is -0.448. The Morgan fingerprint density at radius 3 is 2.57 bits per heavy atom. The number of aromatic nitrogens is 3. The van der Waals surface area contributed by atoms with Gasteiger partial charge in [-0.25, -0.2) is 9.97 Å². The first kappa shape index (κ1) is 24.9. The Bertz CT molecular complexity index is 1370. The van der Waals surface area contributed by atoms with E-state index < -0.39 is 12.0 Å². The van der Waals surface area contributed by atoms with Crippen molar-refractivity contribution >= 4 is 50.7 Å². The van der Waals surface area contributed by atoms with Crippen molar-refractivity contribution < 1.29 is 24.1 Å². The Morgan fingerprint density at radius 1 is 1.17 bits per heavy atom. The summed E-state index contributed by atoms with van der Waals surface area (Å²) in [6, 6.07) is 8.06. The number of rotatable bonds is 9. The fourth-order valence-electron chi connectivity index (χ4n) is 3.35. The summed E-state index contributed by atoms with van der Waals surface area (Å²) in [5, 5.41) is 10.2. The maximum Gasteiger partial charge on any atom is 0.320 e. The monoisotopic (exact) mass is 534 g/mol. The van der Waals surface area contributed by atoms with E-state index in [9.17, 15) is 4.79 Å². The first-order chi connectivity index (χ1) is 16.8. The number of halogens is 2. The highest BCUT2D eigenvalue weighted by atomic mass is 35.5. The largest absolute Gasteiger partial charge is 0.486 e. The molecule has 9 nitrogen and oxygen atoms in total. The maximum absolute atomic E-state index is 11.0. The number of methoxy groups -OCH3 is 2. The molecule has 2 aromatic carbocycles. The molecule has 0 spiro atoms. The van der Waals surface area contributed by atoms with Crippen LogP contribution >= 0.6 is 34.5 Å². The van der Waals surface area contributed by atoms with Crippen LogP contribution in [0.25, 0.3) is 20.8 Å². The lowest BCUT2D eigenvalue weighted by Gasteiger charge is -2.13. The molecule has 0 radical (unpaired) electrons. The molecule has 0 amide bonds. The smallest absolute Gasteiger partial charge is 0.320 e. The molecule has 182 valence electrons. The van der Waals surface area contributed by atoms with Crippen molar-refractivity contribution in [2.24, 2.45) is 5.73 Å². The Balaban J connectivity index is 1.60. The Morgan fingerprint density at radius 2 is 1.91 bits per heavy atom. The molecule has 4 rings (SSSR count). The van der Waals surface area contributed by atoms with Crippen molar-refractivity contribution in [3.05, 3.63) is 57.7 Å². The van der Waals surface area contributed by atoms with Crippen LogP contribution in [0, 0.1) is 0 Å². The number of fused-ring (bicyclic) bond motifs is 1. The van der Waals surface area contributed by atoms with Crippen LogP contribution in [0.3, 0.4) is 0 Å². The normalized spacial score (nSPS) is 11.9. The number of carbonyl (C=O) groups is 1. The Hall–Kier alpha value is -3.18. The van der Waals surface area contributed by atoms with Crippen LogP contribution in [-0.2, 0) is 17.8 Å². The minimum atomic E-state index is -1.10. The van der Waals surface area contributed by atoms with Crippen LogP contribution in [0.5, 0.6) is 17.6 Å². The summed E-state index contributed by atoms with van der Waals surface area (Å²) in [7, 11) is 3.00. The lowest BCUT2D eigenvalue weighted by Crippen LogP contribution is -2.32. The molecular formula is C23H20Cl2N4O5S. The number of ether oxygens (including phenoxy) is 3. The van der Waals surface area contributed by atoms with Crippen LogP contribution in [0.15, 0.2) is 36.5 Å². The second-order valence-electron chi connectivity index (χ2n) is 7.39. The third kappa shape index (κ3) is 5.40. The Labute approximate surface area is 214 Å². The highest BCUT2D eigenvalue weighted by Crippen LogP contribution is 2.38. The lowest BCUT2D eigenvalue weighted by molar-refractivity contribution is -0.138. The first-order valence-electron chi connectivity index (χ1n) is 10.2. The number of carboxylic acids is 1. The summed E-state index contributed by atoms with van der Waals surface area (Å²) in [6.45, 7) is 0.183. The lowest BCUT2D eigenvalue weighted by atomic mass is 10.1. The number of hydrogen-bond donors (Lipinski definition) is 2. The van der Waals surface area contributed by atoms with E-state index in [2.05, 4.69) is 9.97 Å². The van der Waals surface area contributed by atoms with Crippen LogP contribution in [0.1, 0.15) is 11.1 Å². The predicted octanol–water partition coefficient (Wildman–Crippen LogP) is 4.61. The summed E-state index contributed by atoms with van der Waals surface area (Å²) < 4.78 is 17.3. The van der Waals surface area contributed by atoms with E-state index in [0.29, 0.717) is 27.8 Å². The minimum Gasteiger partial charge on any atom is -0.486 e. The molecule has 0 aliphatic carbocycles. The zero-order chi connectivity index (χ0) is 25.1. The molecule has 2 heterocycles. The second kappa shape index (κ2) is 10.6. The van der Waals surface area contributed by atoms with E-state index in [4.69, 9.17) is 53.2 Å². The van der Waals surface area contributed by atoms with Gasteiger partial charge in [-0.2, -0.15) is 4.98 Å². The van der Waals surface area contributed by atoms with E-state index in [-0.39, 0.29) is 29.1 Å². The van der Waals surface area contributed by atoms with Gasteiger partial charge in [0.25, 0.3) is 0 Å². The van der Waals surface area contributed by atoms with Gasteiger partial charge in [0.15, 0.2) is 5.75 Å². The highest BCUT2D eigenvalue weighted by Gasteiger charge is 2.18. The number of thiazole rings is 1. The topological polar surface area (TPSA) is 130 Å². The van der Waals surface area contributed by atoms with Crippen molar-refractivity contribution in [3.63, 3.8) is 0 Å². The third-order valence-electron chi connectivity index (χ3n) is 5.04. The standard InChI is InChI=1S/C23H20Cl2N4O5S/c1-32-20-13(9-27-23(29-20)33-2)21-28-17-5-3-4-12(19(17)35-21)10-34-18-14(24)6-11(7-15(18)25)8-16(26)22(30)31/h3-7,9,16H,8,10,26H2,1-2H3,(H,30,31). The van der Waals surface area contributed by atoms with Crippen molar-refractivity contribution in [1.29, 1.82) is 0 Å². The van der Waals surface area contributed by atoms with Gasteiger partial charge in [0.2, 0.25) is 5.88 Å². The van der Waals surface area contributed by atoms with E-state index in [1.54, 1.807) is 18.3 Å². The maximum atomic E-state index is 11.0. The van der Waals surface area contributed by atoms with Crippen molar-refractivity contribution in [2.75, 3.05) is 14.2 Å². The fourth-order valence-corrected chi connectivity index (χ4v) is 5.05. The number of aliphatic carboxylic acids is 1. The molecule has 12 heteroatoms. The fraction of sp³-hybridized carbons (Fsp3) is 0.217. The first-order valence-corrected chi connectivity index (χ1v) is 11.8. The molecule has 0 bridgehead atoms. The SMILES string of the molecule is COc1ncc(-c2nc3cccc(COc4c(Cl)cc(CC(N)C(=O)O)cc4Cl)c3s2)c(OC)n1. The molecular weight excluding hydrogens is 515 g/mol. The quantitative estimate of drug-likeness (QED) is 0.316. The van der Waals surface area contributed by atoms with Crippen LogP contribution in [-0.4, -0.2) is 46.3 Å². The highest BCUT2D eigenvalue weighted by molar-refractivity contribution is 7.21. The second-order valence-corrected chi connectivity index (χ2v) is 9.20.